The summed E-state index contributed by atoms with van der Waals surface area (Å²) in [4.78, 5) is 0. The first kappa shape index (κ1) is 17.7. The molecule has 0 unspecified atom stereocenters. The highest BCUT2D eigenvalue weighted by atomic mass is 28.4. The van der Waals surface area contributed by atoms with E-state index in [9.17, 15) is 0 Å². The minimum atomic E-state index is -1.65. The fraction of sp³-hybridized carbons (Fsp3) is 0.833. The molecule has 2 rings (SSSR count). The van der Waals surface area contributed by atoms with Crippen LogP contribution in [0, 0.1) is 0 Å². The zero-order valence-corrected chi connectivity index (χ0v) is 16.7. The Morgan fingerprint density at radius 1 is 1.14 bits per heavy atom. The van der Waals surface area contributed by atoms with Gasteiger partial charge in [-0.3, -0.25) is 4.68 Å². The molecule has 1 fully saturated rings. The lowest BCUT2D eigenvalue weighted by atomic mass is 10.0. The van der Waals surface area contributed by atoms with Crippen LogP contribution in [0.4, 0.5) is 0 Å². The maximum Gasteiger partial charge on any atom is 0.192 e. The van der Waals surface area contributed by atoms with Gasteiger partial charge in [-0.2, -0.15) is 5.10 Å². The van der Waals surface area contributed by atoms with Crippen molar-refractivity contribution in [3.63, 3.8) is 0 Å². The predicted molar refractivity (Wildman–Crippen MR) is 95.9 cm³/mol. The molecule has 0 N–H and O–H groups in total. The van der Waals surface area contributed by atoms with Crippen molar-refractivity contribution in [3.05, 3.63) is 18.0 Å². The third kappa shape index (κ3) is 3.83. The Labute approximate surface area is 137 Å². The van der Waals surface area contributed by atoms with E-state index >= 15 is 0 Å². The number of hydrogen-bond acceptors (Lipinski definition) is 2. The first-order valence-corrected chi connectivity index (χ1v) is 11.5. The van der Waals surface area contributed by atoms with Gasteiger partial charge in [0.25, 0.3) is 0 Å². The summed E-state index contributed by atoms with van der Waals surface area (Å²) in [6.07, 6.45) is 6.07. The van der Waals surface area contributed by atoms with Crippen molar-refractivity contribution in [2.24, 2.45) is 0 Å². The SMILES string of the molecule is CC(C)(C)n1ccc([C@H]2CC[C@@H](O[Si](C)(C)C(C)(C)C)C2)n1. The zero-order valence-electron chi connectivity index (χ0n) is 15.7. The van der Waals surface area contributed by atoms with E-state index < -0.39 is 8.32 Å². The quantitative estimate of drug-likeness (QED) is 0.706. The number of nitrogens with zero attached hydrogens (tertiary/aromatic N) is 2. The van der Waals surface area contributed by atoms with Crippen molar-refractivity contribution in [1.29, 1.82) is 0 Å². The van der Waals surface area contributed by atoms with Crippen LogP contribution in [0.15, 0.2) is 12.3 Å². The summed E-state index contributed by atoms with van der Waals surface area (Å²) < 4.78 is 8.68. The van der Waals surface area contributed by atoms with E-state index in [1.807, 2.05) is 0 Å². The molecule has 1 aromatic heterocycles. The summed E-state index contributed by atoms with van der Waals surface area (Å²) in [6, 6.07) is 2.20. The summed E-state index contributed by atoms with van der Waals surface area (Å²) in [6.45, 7) is 18.2. The van der Waals surface area contributed by atoms with Crippen LogP contribution in [-0.4, -0.2) is 24.2 Å². The molecule has 2 atom stereocenters. The van der Waals surface area contributed by atoms with Gasteiger partial charge >= 0.3 is 0 Å². The highest BCUT2D eigenvalue weighted by Crippen LogP contribution is 2.42. The molecule has 1 aromatic rings. The van der Waals surface area contributed by atoms with Gasteiger partial charge in [0.15, 0.2) is 8.32 Å². The average Bonchev–Trinajstić information content (AvgIpc) is 2.92. The average molecular weight is 323 g/mol. The standard InChI is InChI=1S/C18H34N2OSi/c1-17(2,3)20-12-11-16(19-20)14-9-10-15(13-14)21-22(7,8)18(4,5)6/h11-12,14-15H,9-10,13H2,1-8H3/t14-,15+/m0/s1. The molecule has 0 amide bonds. The van der Waals surface area contributed by atoms with Crippen molar-refractivity contribution < 1.29 is 4.43 Å². The fourth-order valence-corrected chi connectivity index (χ4v) is 4.24. The van der Waals surface area contributed by atoms with Gasteiger partial charge in [-0.1, -0.05) is 20.8 Å². The predicted octanol–water partition coefficient (Wildman–Crippen LogP) is 5.30. The Kier molecular flexibility index (Phi) is 4.67. The van der Waals surface area contributed by atoms with Crippen molar-refractivity contribution in [2.75, 3.05) is 0 Å². The van der Waals surface area contributed by atoms with E-state index in [1.165, 1.54) is 18.5 Å². The molecule has 1 aliphatic rings. The Bertz CT molecular complexity index is 508. The summed E-state index contributed by atoms with van der Waals surface area (Å²) >= 11 is 0. The molecule has 1 saturated carbocycles. The fourth-order valence-electron chi connectivity index (χ4n) is 2.84. The lowest BCUT2D eigenvalue weighted by molar-refractivity contribution is 0.186. The first-order chi connectivity index (χ1) is 9.90. The third-order valence-electron chi connectivity index (χ3n) is 5.37. The molecule has 1 heterocycles. The van der Waals surface area contributed by atoms with Crippen LogP contribution in [0.1, 0.15) is 72.4 Å². The second-order valence-corrected chi connectivity index (χ2v) is 14.1. The van der Waals surface area contributed by atoms with Crippen LogP contribution in [0.2, 0.25) is 18.1 Å². The second kappa shape index (κ2) is 5.79. The summed E-state index contributed by atoms with van der Waals surface area (Å²) in [5.74, 6) is 0.568. The molecule has 0 bridgehead atoms. The maximum atomic E-state index is 6.59. The Morgan fingerprint density at radius 3 is 2.27 bits per heavy atom. The second-order valence-electron chi connectivity index (χ2n) is 9.37. The van der Waals surface area contributed by atoms with Crippen LogP contribution in [0.25, 0.3) is 0 Å². The van der Waals surface area contributed by atoms with E-state index in [0.717, 1.165) is 6.42 Å². The Hall–Kier alpha value is -0.613. The Balaban J connectivity index is 2.00. The van der Waals surface area contributed by atoms with Gasteiger partial charge in [-0.15, -0.1) is 0 Å². The monoisotopic (exact) mass is 322 g/mol. The molecule has 1 aliphatic carbocycles. The summed E-state index contributed by atoms with van der Waals surface area (Å²) in [5.41, 5.74) is 1.31. The molecular formula is C18H34N2OSi. The normalized spacial score (nSPS) is 24.0. The highest BCUT2D eigenvalue weighted by Gasteiger charge is 2.41. The topological polar surface area (TPSA) is 27.1 Å². The van der Waals surface area contributed by atoms with E-state index in [-0.39, 0.29) is 5.54 Å². The van der Waals surface area contributed by atoms with Gasteiger partial charge in [0.1, 0.15) is 0 Å². The minimum absolute atomic E-state index is 0.0634. The molecule has 0 radical (unpaired) electrons. The zero-order chi connectivity index (χ0) is 16.8. The molecule has 0 spiro atoms. The van der Waals surface area contributed by atoms with E-state index in [1.54, 1.807) is 0 Å². The van der Waals surface area contributed by atoms with Crippen molar-refractivity contribution in [2.45, 2.75) is 96.5 Å². The van der Waals surface area contributed by atoms with Crippen molar-refractivity contribution in [3.8, 4) is 0 Å². The van der Waals surface area contributed by atoms with E-state index in [0.29, 0.717) is 17.1 Å². The van der Waals surface area contributed by atoms with Crippen LogP contribution in [0.5, 0.6) is 0 Å². The highest BCUT2D eigenvalue weighted by molar-refractivity contribution is 6.74. The maximum absolute atomic E-state index is 6.59. The van der Waals surface area contributed by atoms with Gasteiger partial charge < -0.3 is 4.43 Å². The Morgan fingerprint density at radius 2 is 1.77 bits per heavy atom. The first-order valence-electron chi connectivity index (χ1n) is 8.64. The van der Waals surface area contributed by atoms with Crippen LogP contribution >= 0.6 is 0 Å². The third-order valence-corrected chi connectivity index (χ3v) is 9.90. The molecule has 4 heteroatoms. The van der Waals surface area contributed by atoms with Gasteiger partial charge in [0, 0.05) is 18.2 Å². The molecule has 0 saturated heterocycles. The summed E-state index contributed by atoms with van der Waals surface area (Å²) in [7, 11) is -1.65. The van der Waals surface area contributed by atoms with Crippen LogP contribution in [0.3, 0.4) is 0 Å². The van der Waals surface area contributed by atoms with E-state index in [4.69, 9.17) is 9.52 Å². The lowest BCUT2D eigenvalue weighted by Crippen LogP contribution is -2.43. The van der Waals surface area contributed by atoms with Crippen LogP contribution < -0.4 is 0 Å². The van der Waals surface area contributed by atoms with Crippen molar-refractivity contribution in [1.82, 2.24) is 9.78 Å². The molecule has 3 nitrogen and oxygen atoms in total. The molecule has 0 aromatic carbocycles. The lowest BCUT2D eigenvalue weighted by Gasteiger charge is -2.38. The van der Waals surface area contributed by atoms with Gasteiger partial charge in [0.05, 0.1) is 11.2 Å². The molecular weight excluding hydrogens is 288 g/mol. The molecule has 126 valence electrons. The number of aromatic nitrogens is 2. The molecule has 22 heavy (non-hydrogen) atoms. The van der Waals surface area contributed by atoms with Gasteiger partial charge in [0.2, 0.25) is 0 Å². The van der Waals surface area contributed by atoms with Gasteiger partial charge in [-0.05, 0) is 64.2 Å². The van der Waals surface area contributed by atoms with Crippen LogP contribution in [-0.2, 0) is 9.96 Å². The summed E-state index contributed by atoms with van der Waals surface area (Å²) in [5, 5.41) is 5.11. The molecule has 0 aliphatic heterocycles. The number of rotatable bonds is 3. The van der Waals surface area contributed by atoms with Gasteiger partial charge in [-0.25, -0.2) is 0 Å². The smallest absolute Gasteiger partial charge is 0.192 e. The largest absolute Gasteiger partial charge is 0.414 e. The van der Waals surface area contributed by atoms with E-state index in [2.05, 4.69) is 71.6 Å². The minimum Gasteiger partial charge on any atom is -0.414 e. The van der Waals surface area contributed by atoms with Crippen molar-refractivity contribution >= 4 is 8.32 Å². The number of hydrogen-bond donors (Lipinski definition) is 0.